The van der Waals surface area contributed by atoms with Crippen LogP contribution in [0.25, 0.3) is 0 Å². The van der Waals surface area contributed by atoms with Crippen molar-refractivity contribution in [1.82, 2.24) is 10.3 Å². The van der Waals surface area contributed by atoms with E-state index in [4.69, 9.17) is 5.14 Å². The maximum atomic E-state index is 11.1. The van der Waals surface area contributed by atoms with Crippen molar-refractivity contribution in [2.45, 2.75) is 30.2 Å². The van der Waals surface area contributed by atoms with Gasteiger partial charge in [-0.15, -0.1) is 0 Å². The van der Waals surface area contributed by atoms with E-state index in [0.29, 0.717) is 11.9 Å². The standard InChI is InChI=1S/C11H18N4O2S/c12-18(16,17)10-4-5-11(14-8-10)15-9-3-1-2-6-13-7-9/h4-5,8-9,13H,1-3,6-7H2,(H,14,15)(H2,12,16,17). The van der Waals surface area contributed by atoms with Gasteiger partial charge in [0.1, 0.15) is 10.7 Å². The van der Waals surface area contributed by atoms with E-state index >= 15 is 0 Å². The van der Waals surface area contributed by atoms with Crippen molar-refractivity contribution in [3.8, 4) is 0 Å². The number of primary sulfonamides is 1. The van der Waals surface area contributed by atoms with Crippen molar-refractivity contribution >= 4 is 15.8 Å². The Bertz CT molecular complexity index is 478. The number of nitrogens with two attached hydrogens (primary N) is 1. The second kappa shape index (κ2) is 5.64. The SMILES string of the molecule is NS(=O)(=O)c1ccc(NC2CCCCNC2)nc1. The molecule has 18 heavy (non-hydrogen) atoms. The van der Waals surface area contributed by atoms with Gasteiger partial charge in [0.25, 0.3) is 0 Å². The zero-order chi connectivity index (χ0) is 13.0. The molecule has 0 amide bonds. The highest BCUT2D eigenvalue weighted by Gasteiger charge is 2.13. The van der Waals surface area contributed by atoms with Gasteiger partial charge in [-0.2, -0.15) is 0 Å². The minimum absolute atomic E-state index is 0.0343. The summed E-state index contributed by atoms with van der Waals surface area (Å²) in [6, 6.07) is 3.44. The van der Waals surface area contributed by atoms with Crippen LogP contribution < -0.4 is 15.8 Å². The first kappa shape index (κ1) is 13.3. The van der Waals surface area contributed by atoms with Gasteiger partial charge in [-0.25, -0.2) is 18.5 Å². The molecule has 1 saturated heterocycles. The maximum Gasteiger partial charge on any atom is 0.239 e. The number of sulfonamides is 1. The number of anilines is 1. The minimum atomic E-state index is -3.66. The summed E-state index contributed by atoms with van der Waals surface area (Å²) >= 11 is 0. The first-order valence-electron chi connectivity index (χ1n) is 6.02. The Hall–Kier alpha value is -1.18. The van der Waals surface area contributed by atoms with Crippen LogP contribution in [0.4, 0.5) is 5.82 Å². The molecule has 0 aliphatic carbocycles. The first-order valence-corrected chi connectivity index (χ1v) is 7.56. The summed E-state index contributed by atoms with van der Waals surface area (Å²) in [6.07, 6.45) is 4.74. The Morgan fingerprint density at radius 3 is 2.89 bits per heavy atom. The summed E-state index contributed by atoms with van der Waals surface area (Å²) in [4.78, 5) is 4.11. The number of pyridine rings is 1. The van der Waals surface area contributed by atoms with E-state index in [9.17, 15) is 8.42 Å². The van der Waals surface area contributed by atoms with E-state index < -0.39 is 10.0 Å². The molecule has 4 N–H and O–H groups in total. The van der Waals surface area contributed by atoms with Crippen LogP contribution in [-0.2, 0) is 10.0 Å². The molecule has 0 bridgehead atoms. The lowest BCUT2D eigenvalue weighted by atomic mass is 10.1. The number of hydrogen-bond acceptors (Lipinski definition) is 5. The lowest BCUT2D eigenvalue weighted by Crippen LogP contribution is -2.31. The summed E-state index contributed by atoms with van der Waals surface area (Å²) in [5, 5.41) is 11.7. The maximum absolute atomic E-state index is 11.1. The van der Waals surface area contributed by atoms with Crippen LogP contribution in [-0.4, -0.2) is 32.5 Å². The number of nitrogens with one attached hydrogen (secondary N) is 2. The third kappa shape index (κ3) is 3.66. The molecule has 1 aliphatic heterocycles. The highest BCUT2D eigenvalue weighted by molar-refractivity contribution is 7.89. The minimum Gasteiger partial charge on any atom is -0.366 e. The average molecular weight is 270 g/mol. The number of hydrogen-bond donors (Lipinski definition) is 3. The van der Waals surface area contributed by atoms with Crippen LogP contribution in [0.3, 0.4) is 0 Å². The van der Waals surface area contributed by atoms with Crippen LogP contribution in [0.2, 0.25) is 0 Å². The molecule has 0 radical (unpaired) electrons. The summed E-state index contributed by atoms with van der Waals surface area (Å²) in [6.45, 7) is 1.95. The van der Waals surface area contributed by atoms with Crippen LogP contribution >= 0.6 is 0 Å². The van der Waals surface area contributed by atoms with E-state index in [1.807, 2.05) is 0 Å². The Balaban J connectivity index is 2.01. The van der Waals surface area contributed by atoms with Gasteiger partial charge in [0, 0.05) is 18.8 Å². The lowest BCUT2D eigenvalue weighted by molar-refractivity contribution is 0.597. The predicted molar refractivity (Wildman–Crippen MR) is 69.7 cm³/mol. The average Bonchev–Trinajstić information content (AvgIpc) is 2.57. The molecule has 1 fully saturated rings. The Labute approximate surface area is 107 Å². The van der Waals surface area contributed by atoms with Gasteiger partial charge in [0.05, 0.1) is 0 Å². The highest BCUT2D eigenvalue weighted by atomic mass is 32.2. The van der Waals surface area contributed by atoms with Crippen LogP contribution in [0.1, 0.15) is 19.3 Å². The van der Waals surface area contributed by atoms with Crippen molar-refractivity contribution in [2.24, 2.45) is 5.14 Å². The molecule has 7 heteroatoms. The van der Waals surface area contributed by atoms with Crippen molar-refractivity contribution in [2.75, 3.05) is 18.4 Å². The van der Waals surface area contributed by atoms with E-state index in [-0.39, 0.29) is 4.90 Å². The van der Waals surface area contributed by atoms with Gasteiger partial charge in [-0.1, -0.05) is 6.42 Å². The molecule has 1 aliphatic rings. The van der Waals surface area contributed by atoms with Crippen molar-refractivity contribution in [3.63, 3.8) is 0 Å². The smallest absolute Gasteiger partial charge is 0.239 e. The van der Waals surface area contributed by atoms with E-state index in [1.165, 1.54) is 25.1 Å². The van der Waals surface area contributed by atoms with Crippen molar-refractivity contribution < 1.29 is 8.42 Å². The number of rotatable bonds is 3. The van der Waals surface area contributed by atoms with Gasteiger partial charge in [-0.3, -0.25) is 0 Å². The summed E-state index contributed by atoms with van der Waals surface area (Å²) in [5.41, 5.74) is 0. The van der Waals surface area contributed by atoms with Gasteiger partial charge in [-0.05, 0) is 31.5 Å². The number of aromatic nitrogens is 1. The molecule has 1 unspecified atom stereocenters. The molecule has 1 atom stereocenters. The van der Waals surface area contributed by atoms with E-state index in [2.05, 4.69) is 15.6 Å². The second-order valence-electron chi connectivity index (χ2n) is 4.47. The van der Waals surface area contributed by atoms with E-state index in [0.717, 1.165) is 19.5 Å². The molecule has 2 heterocycles. The topological polar surface area (TPSA) is 97.1 Å². The molecule has 1 aromatic heterocycles. The summed E-state index contributed by atoms with van der Waals surface area (Å²) in [5.74, 6) is 0.677. The normalized spacial score (nSPS) is 21.3. The molecule has 100 valence electrons. The zero-order valence-corrected chi connectivity index (χ0v) is 10.9. The van der Waals surface area contributed by atoms with Crippen LogP contribution in [0.15, 0.2) is 23.2 Å². The first-order chi connectivity index (χ1) is 8.55. The molecule has 0 spiro atoms. The third-order valence-electron chi connectivity index (χ3n) is 2.96. The molecular formula is C11H18N4O2S. The third-order valence-corrected chi connectivity index (χ3v) is 3.86. The van der Waals surface area contributed by atoms with Crippen LogP contribution in [0, 0.1) is 0 Å². The quantitative estimate of drug-likeness (QED) is 0.733. The predicted octanol–water partition coefficient (Wildman–Crippen LogP) is 0.283. The fraction of sp³-hybridized carbons (Fsp3) is 0.545. The fourth-order valence-corrected chi connectivity index (χ4v) is 2.44. The molecule has 0 saturated carbocycles. The summed E-state index contributed by atoms with van der Waals surface area (Å²) < 4.78 is 22.2. The largest absolute Gasteiger partial charge is 0.366 e. The van der Waals surface area contributed by atoms with Gasteiger partial charge >= 0.3 is 0 Å². The monoisotopic (exact) mass is 270 g/mol. The Morgan fingerprint density at radius 1 is 1.39 bits per heavy atom. The van der Waals surface area contributed by atoms with Crippen molar-refractivity contribution in [1.29, 1.82) is 0 Å². The molecule has 1 aromatic rings. The second-order valence-corrected chi connectivity index (χ2v) is 6.03. The fourth-order valence-electron chi connectivity index (χ4n) is 1.99. The number of nitrogens with zero attached hydrogens (tertiary/aromatic N) is 1. The molecule has 0 aromatic carbocycles. The molecular weight excluding hydrogens is 252 g/mol. The molecule has 6 nitrogen and oxygen atoms in total. The Morgan fingerprint density at radius 2 is 2.22 bits per heavy atom. The Kier molecular flexibility index (Phi) is 4.15. The lowest BCUT2D eigenvalue weighted by Gasteiger charge is -2.16. The summed E-state index contributed by atoms with van der Waals surface area (Å²) in [7, 11) is -3.66. The van der Waals surface area contributed by atoms with Gasteiger partial charge in [0.15, 0.2) is 0 Å². The van der Waals surface area contributed by atoms with Crippen molar-refractivity contribution in [3.05, 3.63) is 18.3 Å². The molecule has 2 rings (SSSR count). The van der Waals surface area contributed by atoms with Gasteiger partial charge in [0.2, 0.25) is 10.0 Å². The van der Waals surface area contributed by atoms with Gasteiger partial charge < -0.3 is 10.6 Å². The zero-order valence-electron chi connectivity index (χ0n) is 10.1. The highest BCUT2D eigenvalue weighted by Crippen LogP contribution is 2.13. The van der Waals surface area contributed by atoms with Crippen LogP contribution in [0.5, 0.6) is 0 Å². The van der Waals surface area contributed by atoms with E-state index in [1.54, 1.807) is 6.07 Å².